The summed E-state index contributed by atoms with van der Waals surface area (Å²) < 4.78 is 25.4. The Labute approximate surface area is 197 Å². The van der Waals surface area contributed by atoms with Gasteiger partial charge in [-0.15, -0.1) is 11.3 Å². The van der Waals surface area contributed by atoms with Crippen LogP contribution in [0.15, 0.2) is 42.5 Å². The van der Waals surface area contributed by atoms with Crippen LogP contribution in [0.25, 0.3) is 11.1 Å². The number of halogens is 1. The smallest absolute Gasteiger partial charge is 0.367 e. The molecule has 0 amide bonds. The molecular formula is C26H28FNO4S. The van der Waals surface area contributed by atoms with Crippen LogP contribution < -0.4 is 0 Å². The van der Waals surface area contributed by atoms with Gasteiger partial charge in [0.05, 0.1) is 18.4 Å². The lowest BCUT2D eigenvalue weighted by atomic mass is 9.97. The monoisotopic (exact) mass is 469 g/mol. The Morgan fingerprint density at radius 2 is 1.82 bits per heavy atom. The number of methoxy groups -OCH3 is 1. The van der Waals surface area contributed by atoms with Gasteiger partial charge in [-0.3, -0.25) is 0 Å². The molecule has 1 heterocycles. The number of hydrogen-bond donors (Lipinski definition) is 0. The van der Waals surface area contributed by atoms with E-state index in [4.69, 9.17) is 9.47 Å². The molecular weight excluding hydrogens is 441 g/mol. The molecule has 0 spiro atoms. The van der Waals surface area contributed by atoms with Crippen molar-refractivity contribution in [1.29, 1.82) is 0 Å². The van der Waals surface area contributed by atoms with Crippen molar-refractivity contribution in [2.75, 3.05) is 7.11 Å². The third-order valence-electron chi connectivity index (χ3n) is 4.88. The Kier molecular flexibility index (Phi) is 7.64. The predicted octanol–water partition coefficient (Wildman–Crippen LogP) is 6.23. The molecule has 0 saturated carbocycles. The van der Waals surface area contributed by atoms with E-state index >= 15 is 4.39 Å². The molecule has 0 unspecified atom stereocenters. The number of rotatable bonds is 7. The number of nitrogens with zero attached hydrogens (tertiary/aromatic N) is 1. The first-order chi connectivity index (χ1) is 15.6. The van der Waals surface area contributed by atoms with E-state index in [0.717, 1.165) is 17.7 Å². The van der Waals surface area contributed by atoms with Gasteiger partial charge in [-0.25, -0.2) is 19.0 Å². The molecule has 1 aromatic heterocycles. The largest absolute Gasteiger partial charge is 0.464 e. The van der Waals surface area contributed by atoms with E-state index in [1.54, 1.807) is 57.2 Å². The maximum Gasteiger partial charge on any atom is 0.367 e. The van der Waals surface area contributed by atoms with E-state index in [2.05, 4.69) is 4.98 Å². The summed E-state index contributed by atoms with van der Waals surface area (Å²) in [5.74, 6) is -1.34. The summed E-state index contributed by atoms with van der Waals surface area (Å²) in [6, 6.07) is 11.9. The molecule has 0 atom stereocenters. The normalized spacial score (nSPS) is 11.3. The van der Waals surface area contributed by atoms with Crippen LogP contribution in [0.5, 0.6) is 0 Å². The Morgan fingerprint density at radius 3 is 2.45 bits per heavy atom. The average Bonchev–Trinajstić information content (AvgIpc) is 3.16. The van der Waals surface area contributed by atoms with Crippen LogP contribution >= 0.6 is 11.3 Å². The molecule has 0 saturated heterocycles. The molecule has 2 aromatic carbocycles. The zero-order chi connectivity index (χ0) is 24.2. The van der Waals surface area contributed by atoms with E-state index in [1.807, 2.05) is 6.92 Å². The number of aryl methyl sites for hydroxylation is 1. The minimum absolute atomic E-state index is 0.267. The minimum Gasteiger partial charge on any atom is -0.464 e. The van der Waals surface area contributed by atoms with Crippen LogP contribution in [0.1, 0.15) is 70.4 Å². The first-order valence-electron chi connectivity index (χ1n) is 10.8. The molecule has 5 nitrogen and oxygen atoms in total. The van der Waals surface area contributed by atoms with Gasteiger partial charge in [-0.2, -0.15) is 0 Å². The van der Waals surface area contributed by atoms with Gasteiger partial charge in [0.15, 0.2) is 0 Å². The molecule has 0 N–H and O–H groups in total. The molecule has 174 valence electrons. The maximum atomic E-state index is 15.1. The van der Waals surface area contributed by atoms with E-state index in [-0.39, 0.29) is 11.4 Å². The van der Waals surface area contributed by atoms with Gasteiger partial charge >= 0.3 is 11.9 Å². The van der Waals surface area contributed by atoms with E-state index in [1.165, 1.54) is 24.5 Å². The van der Waals surface area contributed by atoms with Gasteiger partial charge in [-0.05, 0) is 56.0 Å². The number of aromatic nitrogens is 1. The van der Waals surface area contributed by atoms with E-state index < -0.39 is 23.4 Å². The third kappa shape index (κ3) is 6.05. The van der Waals surface area contributed by atoms with Gasteiger partial charge in [0.25, 0.3) is 0 Å². The number of esters is 2. The highest BCUT2D eigenvalue weighted by atomic mass is 32.1. The number of benzene rings is 2. The van der Waals surface area contributed by atoms with Crippen LogP contribution in [-0.4, -0.2) is 29.6 Å². The van der Waals surface area contributed by atoms with Crippen LogP contribution in [0, 0.1) is 5.82 Å². The lowest BCUT2D eigenvalue weighted by Gasteiger charge is -2.20. The van der Waals surface area contributed by atoms with Crippen molar-refractivity contribution in [3.63, 3.8) is 0 Å². The lowest BCUT2D eigenvalue weighted by Crippen LogP contribution is -2.24. The summed E-state index contributed by atoms with van der Waals surface area (Å²) in [5, 5.41) is 0.277. The van der Waals surface area contributed by atoms with Crippen molar-refractivity contribution in [3.8, 4) is 11.1 Å². The fraction of sp³-hybridized carbons (Fsp3) is 0.346. The third-order valence-corrected chi connectivity index (χ3v) is 6.02. The van der Waals surface area contributed by atoms with Crippen LogP contribution in [0.3, 0.4) is 0 Å². The number of hydrogen-bond acceptors (Lipinski definition) is 6. The van der Waals surface area contributed by atoms with Crippen molar-refractivity contribution < 1.29 is 23.5 Å². The molecule has 0 aliphatic carbocycles. The van der Waals surface area contributed by atoms with Crippen molar-refractivity contribution in [2.24, 2.45) is 0 Å². The standard InChI is InChI=1S/C26H28FNO4S/c1-6-9-22-21(28-23(33-22)25(30)31-5)15-17-13-12-16(14-20(17)27)18-10-7-8-11-19(18)24(29)32-26(2,3)4/h7-8,10-14H,6,9,15H2,1-5H3. The van der Waals surface area contributed by atoms with Crippen molar-refractivity contribution in [2.45, 2.75) is 52.6 Å². The van der Waals surface area contributed by atoms with E-state index in [0.29, 0.717) is 27.9 Å². The quantitative estimate of drug-likeness (QED) is 0.384. The van der Waals surface area contributed by atoms with Gasteiger partial charge in [0, 0.05) is 11.3 Å². The van der Waals surface area contributed by atoms with Crippen LogP contribution in [-0.2, 0) is 22.3 Å². The molecule has 7 heteroatoms. The Morgan fingerprint density at radius 1 is 1.09 bits per heavy atom. The topological polar surface area (TPSA) is 65.5 Å². The van der Waals surface area contributed by atoms with Gasteiger partial charge in [-0.1, -0.05) is 43.7 Å². The second-order valence-corrected chi connectivity index (χ2v) is 9.74. The van der Waals surface area contributed by atoms with E-state index in [9.17, 15) is 9.59 Å². The summed E-state index contributed by atoms with van der Waals surface area (Å²) in [6.45, 7) is 7.45. The zero-order valence-electron chi connectivity index (χ0n) is 19.5. The summed E-state index contributed by atoms with van der Waals surface area (Å²) in [5.41, 5.74) is 2.08. The number of ether oxygens (including phenoxy) is 2. The SMILES string of the molecule is CCCc1sc(C(=O)OC)nc1Cc1ccc(-c2ccccc2C(=O)OC(C)(C)C)cc1F. The summed E-state index contributed by atoms with van der Waals surface area (Å²) in [6.07, 6.45) is 1.91. The molecule has 3 aromatic rings. The molecule has 33 heavy (non-hydrogen) atoms. The van der Waals surface area contributed by atoms with Gasteiger partial charge in [0.1, 0.15) is 11.4 Å². The fourth-order valence-corrected chi connectivity index (χ4v) is 4.50. The highest BCUT2D eigenvalue weighted by molar-refractivity contribution is 7.13. The number of carbonyl (C=O) groups is 2. The first-order valence-corrected chi connectivity index (χ1v) is 11.6. The molecule has 0 aliphatic heterocycles. The first kappa shape index (κ1) is 24.6. The average molecular weight is 470 g/mol. The fourth-order valence-electron chi connectivity index (χ4n) is 3.40. The highest BCUT2D eigenvalue weighted by Gasteiger charge is 2.22. The number of thiazole rings is 1. The summed E-state index contributed by atoms with van der Waals surface area (Å²) in [4.78, 5) is 29.9. The van der Waals surface area contributed by atoms with Crippen LogP contribution in [0.2, 0.25) is 0 Å². The van der Waals surface area contributed by atoms with Crippen molar-refractivity contribution in [3.05, 3.63) is 75.0 Å². The molecule has 0 aliphatic rings. The van der Waals surface area contributed by atoms with Crippen LogP contribution in [0.4, 0.5) is 4.39 Å². The van der Waals surface area contributed by atoms with Crippen molar-refractivity contribution >= 4 is 23.3 Å². The van der Waals surface area contributed by atoms with Gasteiger partial charge in [0.2, 0.25) is 5.01 Å². The molecule has 0 fully saturated rings. The Hall–Kier alpha value is -3.06. The molecule has 3 rings (SSSR count). The second-order valence-electron chi connectivity index (χ2n) is 8.66. The predicted molar refractivity (Wildman–Crippen MR) is 127 cm³/mol. The Bertz CT molecular complexity index is 1160. The molecule has 0 bridgehead atoms. The minimum atomic E-state index is -0.633. The van der Waals surface area contributed by atoms with Gasteiger partial charge < -0.3 is 9.47 Å². The Balaban J connectivity index is 1.92. The summed E-state index contributed by atoms with van der Waals surface area (Å²) >= 11 is 1.29. The highest BCUT2D eigenvalue weighted by Crippen LogP contribution is 2.29. The summed E-state index contributed by atoms with van der Waals surface area (Å²) in [7, 11) is 1.32. The molecule has 0 radical (unpaired) electrons. The van der Waals surface area contributed by atoms with Crippen molar-refractivity contribution in [1.82, 2.24) is 4.98 Å². The maximum absolute atomic E-state index is 15.1. The zero-order valence-corrected chi connectivity index (χ0v) is 20.3. The lowest BCUT2D eigenvalue weighted by molar-refractivity contribution is 0.00702. The second kappa shape index (κ2) is 10.3. The number of carbonyl (C=O) groups excluding carboxylic acids is 2.